The predicted molar refractivity (Wildman–Crippen MR) is 80.3 cm³/mol. The Bertz CT molecular complexity index is 244. The minimum absolute atomic E-state index is 0. The second-order valence-corrected chi connectivity index (χ2v) is 5.47. The minimum Gasteiger partial charge on any atom is -1.00 e. The van der Waals surface area contributed by atoms with Crippen molar-refractivity contribution < 1.29 is 51.0 Å². The van der Waals surface area contributed by atoms with E-state index >= 15 is 0 Å². The molecule has 0 unspecified atom stereocenters. The van der Waals surface area contributed by atoms with Gasteiger partial charge in [-0.25, -0.2) is 0 Å². The summed E-state index contributed by atoms with van der Waals surface area (Å²) in [6, 6.07) is 0. The Kier molecular flexibility index (Phi) is 24.3. The van der Waals surface area contributed by atoms with Gasteiger partial charge in [0.25, 0.3) is 0 Å². The maximum Gasteiger partial charge on any atom is 4.00 e. The van der Waals surface area contributed by atoms with Crippen molar-refractivity contribution in [2.45, 2.75) is 90.9 Å². The number of rotatable bonds is 6. The first-order valence-electron chi connectivity index (χ1n) is 8.04. The van der Waals surface area contributed by atoms with Gasteiger partial charge in [-0.3, -0.25) is 11.1 Å². The molecular weight excluding hydrogens is 378 g/mol. The monoisotopic (exact) mass is 406 g/mol. The number of allylic oxidation sites excluding steroid dienone is 4. The van der Waals surface area contributed by atoms with Crippen molar-refractivity contribution in [3.05, 3.63) is 23.3 Å². The van der Waals surface area contributed by atoms with Crippen LogP contribution in [0.4, 0.5) is 0 Å². The van der Waals surface area contributed by atoms with Gasteiger partial charge in [0, 0.05) is 0 Å². The van der Waals surface area contributed by atoms with Crippen LogP contribution in [-0.4, -0.2) is 0 Å². The van der Waals surface area contributed by atoms with Gasteiger partial charge in [-0.05, 0) is 0 Å². The Balaban J connectivity index is -0.000000270. The van der Waals surface area contributed by atoms with Gasteiger partial charge >= 0.3 is 26.2 Å². The average Bonchev–Trinajstić information content (AvgIpc) is 3.07. The van der Waals surface area contributed by atoms with Gasteiger partial charge in [-0.2, -0.15) is 12.8 Å². The van der Waals surface area contributed by atoms with Crippen LogP contribution in [-0.2, 0) is 26.2 Å². The third-order valence-electron chi connectivity index (χ3n) is 3.72. The second kappa shape index (κ2) is 19.0. The van der Waals surface area contributed by atoms with Crippen LogP contribution < -0.4 is 24.8 Å². The van der Waals surface area contributed by atoms with Gasteiger partial charge in [-0.15, -0.1) is 0 Å². The van der Waals surface area contributed by atoms with E-state index in [1.54, 1.807) is 11.1 Å². The summed E-state index contributed by atoms with van der Waals surface area (Å²) in [4.78, 5) is 0. The molecule has 2 aliphatic carbocycles. The fraction of sp³-hybridized carbons (Fsp3) is 0.778. The largest absolute Gasteiger partial charge is 4.00 e. The Morgan fingerprint density at radius 1 is 0.762 bits per heavy atom. The first kappa shape index (κ1) is 26.8. The van der Waals surface area contributed by atoms with Crippen molar-refractivity contribution in [1.29, 1.82) is 0 Å². The van der Waals surface area contributed by atoms with E-state index in [9.17, 15) is 0 Å². The van der Waals surface area contributed by atoms with E-state index < -0.39 is 0 Å². The first-order chi connectivity index (χ1) is 8.86. The van der Waals surface area contributed by atoms with Gasteiger partial charge in [0.1, 0.15) is 0 Å². The third kappa shape index (κ3) is 14.3. The molecule has 0 nitrogen and oxygen atoms in total. The number of unbranched alkanes of at least 4 members (excludes halogenated alkanes) is 2. The summed E-state index contributed by atoms with van der Waals surface area (Å²) < 4.78 is 0. The molecule has 0 atom stereocenters. The van der Waals surface area contributed by atoms with Crippen LogP contribution in [0.15, 0.2) is 11.1 Å². The molecule has 0 N–H and O–H groups in total. The number of hydrogen-bond acceptors (Lipinski definition) is 0. The van der Waals surface area contributed by atoms with Crippen molar-refractivity contribution in [1.82, 2.24) is 0 Å². The molecule has 0 saturated heterocycles. The molecule has 2 rings (SSSR count). The van der Waals surface area contributed by atoms with E-state index in [1.165, 1.54) is 77.0 Å². The summed E-state index contributed by atoms with van der Waals surface area (Å²) >= 11 is 0. The second-order valence-electron chi connectivity index (χ2n) is 5.47. The quantitative estimate of drug-likeness (QED) is 0.551. The molecule has 0 aromatic carbocycles. The van der Waals surface area contributed by atoms with Crippen LogP contribution in [0.1, 0.15) is 90.9 Å². The summed E-state index contributed by atoms with van der Waals surface area (Å²) in [5.74, 6) is 0. The Morgan fingerprint density at radius 3 is 1.38 bits per heavy atom. The molecule has 0 heterocycles. The predicted octanol–water partition coefficient (Wildman–Crippen LogP) is 0.186. The van der Waals surface area contributed by atoms with Crippen LogP contribution in [0.25, 0.3) is 0 Å². The molecule has 0 spiro atoms. The molecule has 0 aromatic rings. The Labute approximate surface area is 164 Å². The summed E-state index contributed by atoms with van der Waals surface area (Å²) in [5, 5.41) is 0. The van der Waals surface area contributed by atoms with E-state index in [0.717, 1.165) is 0 Å². The van der Waals surface area contributed by atoms with Crippen molar-refractivity contribution in [2.24, 2.45) is 0 Å². The van der Waals surface area contributed by atoms with Crippen molar-refractivity contribution in [3.8, 4) is 0 Å². The van der Waals surface area contributed by atoms with Gasteiger partial charge < -0.3 is 37.0 Å². The summed E-state index contributed by atoms with van der Waals surface area (Å²) in [6.07, 6.45) is 22.7. The van der Waals surface area contributed by atoms with Crippen LogP contribution in [0.3, 0.4) is 0 Å². The molecule has 0 aromatic heterocycles. The molecule has 0 aliphatic heterocycles. The van der Waals surface area contributed by atoms with Crippen molar-refractivity contribution in [2.75, 3.05) is 0 Å². The van der Waals surface area contributed by atoms with Crippen LogP contribution >= 0.6 is 0 Å². The van der Waals surface area contributed by atoms with Crippen molar-refractivity contribution >= 4 is 0 Å². The average molecular weight is 409 g/mol. The standard InChI is InChI=1S/2C9H15.2ClH.Zr/c2*1-2-3-6-9-7-4-5-8-9;;;/h2*2-7H2,1H3;2*1H;/q2*-1;;;+4/p-2. The smallest absolute Gasteiger partial charge is 1.00 e. The minimum atomic E-state index is 0. The summed E-state index contributed by atoms with van der Waals surface area (Å²) in [6.45, 7) is 4.49. The number of halogens is 2. The SMILES string of the molecule is CCCCC1=[C-]CCC1.CCCCC1=[C-]CCC1.[Cl-].[Cl-].[Zr+4]. The van der Waals surface area contributed by atoms with Gasteiger partial charge in [-0.1, -0.05) is 78.1 Å². The normalized spacial score (nSPS) is 15.5. The molecular formula is C18H30Cl2Zr. The first-order valence-corrected chi connectivity index (χ1v) is 8.04. The molecule has 2 aliphatic rings. The number of hydrogen-bond donors (Lipinski definition) is 0. The molecule has 0 fully saturated rings. The zero-order valence-corrected chi connectivity index (χ0v) is 17.7. The molecule has 0 saturated carbocycles. The molecule has 3 heteroatoms. The third-order valence-corrected chi connectivity index (χ3v) is 3.72. The van der Waals surface area contributed by atoms with E-state index in [4.69, 9.17) is 0 Å². The summed E-state index contributed by atoms with van der Waals surface area (Å²) in [7, 11) is 0. The van der Waals surface area contributed by atoms with E-state index in [0.29, 0.717) is 0 Å². The molecule has 120 valence electrons. The maximum atomic E-state index is 3.41. The maximum absolute atomic E-state index is 3.41. The van der Waals surface area contributed by atoms with E-state index in [-0.39, 0.29) is 51.0 Å². The van der Waals surface area contributed by atoms with Gasteiger partial charge in [0.2, 0.25) is 0 Å². The molecule has 21 heavy (non-hydrogen) atoms. The van der Waals surface area contributed by atoms with Gasteiger partial charge in [0.05, 0.1) is 0 Å². The fourth-order valence-electron chi connectivity index (χ4n) is 2.52. The molecule has 0 amide bonds. The molecule has 0 radical (unpaired) electrons. The van der Waals surface area contributed by atoms with Crippen LogP contribution in [0, 0.1) is 12.2 Å². The zero-order chi connectivity index (χ0) is 13.1. The fourth-order valence-corrected chi connectivity index (χ4v) is 2.52. The zero-order valence-electron chi connectivity index (χ0n) is 13.7. The van der Waals surface area contributed by atoms with Gasteiger partial charge in [0.15, 0.2) is 0 Å². The molecule has 0 bridgehead atoms. The summed E-state index contributed by atoms with van der Waals surface area (Å²) in [5.41, 5.74) is 3.19. The Morgan fingerprint density at radius 2 is 1.14 bits per heavy atom. The van der Waals surface area contributed by atoms with Crippen LogP contribution in [0.2, 0.25) is 0 Å². The van der Waals surface area contributed by atoms with Crippen molar-refractivity contribution in [3.63, 3.8) is 0 Å². The van der Waals surface area contributed by atoms with Crippen LogP contribution in [0.5, 0.6) is 0 Å². The van der Waals surface area contributed by atoms with E-state index in [1.807, 2.05) is 0 Å². The topological polar surface area (TPSA) is 0 Å². The Hall–Kier alpha value is 0.943. The van der Waals surface area contributed by atoms with E-state index in [2.05, 4.69) is 26.0 Å².